The second kappa shape index (κ2) is 9.57. The molecule has 0 spiro atoms. The molecule has 4 rings (SSSR count). The van der Waals surface area contributed by atoms with Crippen molar-refractivity contribution in [3.8, 4) is 11.4 Å². The Labute approximate surface area is 187 Å². The Hall–Kier alpha value is -2.78. The van der Waals surface area contributed by atoms with Gasteiger partial charge in [-0.25, -0.2) is 9.37 Å². The largest absolute Gasteiger partial charge is 0.494 e. The van der Waals surface area contributed by atoms with Gasteiger partial charge >= 0.3 is 0 Å². The highest BCUT2D eigenvalue weighted by Gasteiger charge is 2.23. The lowest BCUT2D eigenvalue weighted by Crippen LogP contribution is -2.24. The Morgan fingerprint density at radius 2 is 1.97 bits per heavy atom. The van der Waals surface area contributed by atoms with Crippen LogP contribution < -0.4 is 15.6 Å². The zero-order valence-corrected chi connectivity index (χ0v) is 18.4. The molecule has 0 atom stereocenters. The lowest BCUT2D eigenvalue weighted by atomic mass is 10.3. The van der Waals surface area contributed by atoms with Crippen molar-refractivity contribution >= 4 is 35.1 Å². The Balaban J connectivity index is 1.53. The maximum absolute atomic E-state index is 13.4. The number of carbonyl (C=O) groups excluding carboxylic acids is 1. The third-order valence-corrected chi connectivity index (χ3v) is 6.58. The number of hydrogen-bond acceptors (Lipinski definition) is 6. The SMILES string of the molecule is CCOc1ccc(NC(=O)CSc2nc3c(c(=O)n2-c2ccc(F)cc2)SCC3)cc1. The molecule has 0 fully saturated rings. The average Bonchev–Trinajstić information content (AvgIpc) is 3.24. The van der Waals surface area contributed by atoms with E-state index < -0.39 is 0 Å². The quantitative estimate of drug-likeness (QED) is 0.425. The highest BCUT2D eigenvalue weighted by molar-refractivity contribution is 8.00. The molecule has 0 bridgehead atoms. The molecular formula is C22H20FN3O3S2. The van der Waals surface area contributed by atoms with Crippen LogP contribution in [0.3, 0.4) is 0 Å². The fraction of sp³-hybridized carbons (Fsp3) is 0.227. The van der Waals surface area contributed by atoms with Gasteiger partial charge in [0.15, 0.2) is 5.16 Å². The monoisotopic (exact) mass is 457 g/mol. The third kappa shape index (κ3) is 4.94. The topological polar surface area (TPSA) is 73.2 Å². The third-order valence-electron chi connectivity index (χ3n) is 4.53. The lowest BCUT2D eigenvalue weighted by molar-refractivity contribution is -0.113. The minimum Gasteiger partial charge on any atom is -0.494 e. The molecule has 0 radical (unpaired) electrons. The molecular weight excluding hydrogens is 437 g/mol. The summed E-state index contributed by atoms with van der Waals surface area (Å²) in [6.45, 7) is 2.48. The normalized spacial score (nSPS) is 12.5. The fourth-order valence-corrected chi connectivity index (χ4v) is 4.99. The summed E-state index contributed by atoms with van der Waals surface area (Å²) in [6, 6.07) is 12.8. The molecule has 160 valence electrons. The average molecular weight is 458 g/mol. The molecule has 1 N–H and O–H groups in total. The van der Waals surface area contributed by atoms with Crippen molar-refractivity contribution in [3.05, 3.63) is 70.4 Å². The summed E-state index contributed by atoms with van der Waals surface area (Å²) >= 11 is 2.65. The van der Waals surface area contributed by atoms with E-state index in [-0.39, 0.29) is 23.0 Å². The summed E-state index contributed by atoms with van der Waals surface area (Å²) in [7, 11) is 0. The van der Waals surface area contributed by atoms with Crippen molar-refractivity contribution in [2.75, 3.05) is 23.4 Å². The van der Waals surface area contributed by atoms with Crippen molar-refractivity contribution in [2.24, 2.45) is 0 Å². The van der Waals surface area contributed by atoms with Gasteiger partial charge in [-0.05, 0) is 55.5 Å². The number of rotatable bonds is 7. The first-order valence-corrected chi connectivity index (χ1v) is 11.7. The van der Waals surface area contributed by atoms with Crippen molar-refractivity contribution in [2.45, 2.75) is 23.4 Å². The van der Waals surface area contributed by atoms with Crippen molar-refractivity contribution in [1.29, 1.82) is 0 Å². The molecule has 2 aromatic carbocycles. The summed E-state index contributed by atoms with van der Waals surface area (Å²) in [5.41, 5.74) is 1.74. The number of nitrogens with one attached hydrogen (secondary N) is 1. The molecule has 1 amide bonds. The fourth-order valence-electron chi connectivity index (χ4n) is 3.14. The number of fused-ring (bicyclic) bond motifs is 1. The number of amides is 1. The van der Waals surface area contributed by atoms with Crippen molar-refractivity contribution in [1.82, 2.24) is 9.55 Å². The number of halogens is 1. The maximum Gasteiger partial charge on any atom is 0.272 e. The van der Waals surface area contributed by atoms with Crippen LogP contribution in [-0.2, 0) is 11.2 Å². The number of thioether (sulfide) groups is 2. The highest BCUT2D eigenvalue weighted by Crippen LogP contribution is 2.30. The van der Waals surface area contributed by atoms with E-state index in [1.165, 1.54) is 52.4 Å². The highest BCUT2D eigenvalue weighted by atomic mass is 32.2. The van der Waals surface area contributed by atoms with Crippen LogP contribution in [0.15, 0.2) is 63.4 Å². The molecule has 0 aliphatic carbocycles. The molecule has 1 aromatic heterocycles. The van der Waals surface area contributed by atoms with E-state index in [0.29, 0.717) is 34.5 Å². The Morgan fingerprint density at radius 1 is 1.23 bits per heavy atom. The summed E-state index contributed by atoms with van der Waals surface area (Å²) in [4.78, 5) is 30.8. The maximum atomic E-state index is 13.4. The van der Waals surface area contributed by atoms with E-state index in [9.17, 15) is 14.0 Å². The molecule has 1 aliphatic rings. The van der Waals surface area contributed by atoms with Crippen molar-refractivity contribution < 1.29 is 13.9 Å². The first-order chi connectivity index (χ1) is 15.0. The minimum absolute atomic E-state index is 0.0762. The lowest BCUT2D eigenvalue weighted by Gasteiger charge is -2.14. The Kier molecular flexibility index (Phi) is 6.62. The van der Waals surface area contributed by atoms with Gasteiger partial charge in [0.1, 0.15) is 11.6 Å². The molecule has 1 aliphatic heterocycles. The zero-order valence-electron chi connectivity index (χ0n) is 16.8. The molecule has 3 aromatic rings. The van der Waals surface area contributed by atoms with E-state index in [1.807, 2.05) is 6.92 Å². The number of aromatic nitrogens is 2. The van der Waals surface area contributed by atoms with Crippen LogP contribution in [0, 0.1) is 5.82 Å². The Morgan fingerprint density at radius 3 is 2.68 bits per heavy atom. The minimum atomic E-state index is -0.385. The number of nitrogens with zero attached hydrogens (tertiary/aromatic N) is 2. The van der Waals surface area contributed by atoms with Gasteiger partial charge in [-0.3, -0.25) is 14.2 Å². The predicted octanol–water partition coefficient (Wildman–Crippen LogP) is 4.15. The van der Waals surface area contributed by atoms with E-state index >= 15 is 0 Å². The zero-order chi connectivity index (χ0) is 21.8. The molecule has 31 heavy (non-hydrogen) atoms. The molecule has 2 heterocycles. The van der Waals surface area contributed by atoms with E-state index in [1.54, 1.807) is 24.3 Å². The van der Waals surface area contributed by atoms with Gasteiger partial charge < -0.3 is 10.1 Å². The first kappa shape index (κ1) is 21.5. The summed E-state index contributed by atoms with van der Waals surface area (Å²) < 4.78 is 20.2. The van der Waals surface area contributed by atoms with Gasteiger partial charge in [-0.15, -0.1) is 11.8 Å². The number of benzene rings is 2. The van der Waals surface area contributed by atoms with Gasteiger partial charge in [-0.2, -0.15) is 0 Å². The number of hydrogen-bond donors (Lipinski definition) is 1. The second-order valence-corrected chi connectivity index (χ2v) is 8.73. The van der Waals surface area contributed by atoms with Crippen LogP contribution in [0.2, 0.25) is 0 Å². The number of ether oxygens (including phenoxy) is 1. The second-order valence-electron chi connectivity index (χ2n) is 6.68. The molecule has 9 heteroatoms. The first-order valence-electron chi connectivity index (χ1n) is 9.75. The molecule has 0 unspecified atom stereocenters. The molecule has 0 saturated heterocycles. The van der Waals surface area contributed by atoms with Crippen molar-refractivity contribution in [3.63, 3.8) is 0 Å². The summed E-state index contributed by atoms with van der Waals surface area (Å²) in [5.74, 6) is 1.01. The Bertz CT molecular complexity index is 1150. The summed E-state index contributed by atoms with van der Waals surface area (Å²) in [5, 5.41) is 3.25. The van der Waals surface area contributed by atoms with Gasteiger partial charge in [-0.1, -0.05) is 11.8 Å². The van der Waals surface area contributed by atoms with E-state index in [4.69, 9.17) is 4.74 Å². The van der Waals surface area contributed by atoms with Gasteiger partial charge in [0, 0.05) is 17.9 Å². The van der Waals surface area contributed by atoms with Crippen LogP contribution >= 0.6 is 23.5 Å². The van der Waals surface area contributed by atoms with Crippen LogP contribution in [0.25, 0.3) is 5.69 Å². The van der Waals surface area contributed by atoms with Crippen LogP contribution in [0.1, 0.15) is 12.6 Å². The van der Waals surface area contributed by atoms with Crippen LogP contribution in [0.5, 0.6) is 5.75 Å². The van der Waals surface area contributed by atoms with E-state index in [0.717, 1.165) is 17.2 Å². The van der Waals surface area contributed by atoms with Gasteiger partial charge in [0.05, 0.1) is 28.6 Å². The van der Waals surface area contributed by atoms with Gasteiger partial charge in [0.25, 0.3) is 5.56 Å². The molecule has 0 saturated carbocycles. The van der Waals surface area contributed by atoms with Gasteiger partial charge in [0.2, 0.25) is 5.91 Å². The smallest absolute Gasteiger partial charge is 0.272 e. The predicted molar refractivity (Wildman–Crippen MR) is 121 cm³/mol. The van der Waals surface area contributed by atoms with Crippen LogP contribution in [0.4, 0.5) is 10.1 Å². The standard InChI is InChI=1S/C22H20FN3O3S2/c1-2-29-17-9-5-15(6-10-17)24-19(27)13-31-22-25-18-11-12-30-20(18)21(28)26(22)16-7-3-14(23)4-8-16/h3-10H,2,11-13H2,1H3,(H,24,27). The molecule has 6 nitrogen and oxygen atoms in total. The summed E-state index contributed by atoms with van der Waals surface area (Å²) in [6.07, 6.45) is 0.714. The van der Waals surface area contributed by atoms with Crippen LogP contribution in [-0.4, -0.2) is 33.6 Å². The van der Waals surface area contributed by atoms with E-state index in [2.05, 4.69) is 10.3 Å². The number of anilines is 1. The number of carbonyl (C=O) groups is 1. The number of aryl methyl sites for hydroxylation is 1.